The summed E-state index contributed by atoms with van der Waals surface area (Å²) in [5.74, 6) is -1.83. The first-order valence-electron chi connectivity index (χ1n) is 10.5. The third-order valence-electron chi connectivity index (χ3n) is 5.73. The maximum absolute atomic E-state index is 12.8. The summed E-state index contributed by atoms with van der Waals surface area (Å²) in [6.45, 7) is -0.111. The Morgan fingerprint density at radius 3 is 2.42 bits per heavy atom. The number of nitrogens with one attached hydrogen (secondary N) is 1. The first-order valence-corrected chi connectivity index (χ1v) is 10.5. The lowest BCUT2D eigenvalue weighted by molar-refractivity contribution is -0.124. The van der Waals surface area contributed by atoms with Crippen molar-refractivity contribution in [3.63, 3.8) is 0 Å². The molecule has 0 bridgehead atoms. The molecule has 0 atom stereocenters. The van der Waals surface area contributed by atoms with Crippen LogP contribution in [0.5, 0.6) is 0 Å². The molecule has 7 nitrogen and oxygen atoms in total. The predicted molar refractivity (Wildman–Crippen MR) is 113 cm³/mol. The summed E-state index contributed by atoms with van der Waals surface area (Å²) >= 11 is 0. The average Bonchev–Trinajstić information content (AvgIpc) is 3.38. The molecule has 0 aromatic heterocycles. The summed E-state index contributed by atoms with van der Waals surface area (Å²) < 4.78 is 5.09. The lowest BCUT2D eigenvalue weighted by Gasteiger charge is -2.13. The molecule has 1 aliphatic carbocycles. The van der Waals surface area contributed by atoms with Gasteiger partial charge in [0, 0.05) is 12.6 Å². The van der Waals surface area contributed by atoms with Crippen LogP contribution >= 0.6 is 0 Å². The minimum Gasteiger partial charge on any atom is -0.452 e. The van der Waals surface area contributed by atoms with E-state index in [1.807, 2.05) is 30.3 Å². The van der Waals surface area contributed by atoms with Gasteiger partial charge < -0.3 is 10.1 Å². The number of amides is 3. The van der Waals surface area contributed by atoms with Crippen LogP contribution in [0.4, 0.5) is 0 Å². The van der Waals surface area contributed by atoms with Crippen LogP contribution in [0.2, 0.25) is 0 Å². The molecule has 2 aromatic rings. The van der Waals surface area contributed by atoms with Crippen molar-refractivity contribution in [2.24, 2.45) is 0 Å². The Balaban J connectivity index is 1.37. The van der Waals surface area contributed by atoms with E-state index >= 15 is 0 Å². The third kappa shape index (κ3) is 4.66. The number of ether oxygens (including phenoxy) is 1. The first kappa shape index (κ1) is 20.8. The van der Waals surface area contributed by atoms with E-state index in [1.54, 1.807) is 0 Å². The van der Waals surface area contributed by atoms with E-state index < -0.39 is 11.9 Å². The SMILES string of the molecule is O=C(COC(=O)c1ccc2c(c1)C(=O)N(CCc1ccccc1)C2=O)NC1CCCC1. The molecular formula is C24H24N2O5. The number of carbonyl (C=O) groups excluding carboxylic acids is 4. The zero-order chi connectivity index (χ0) is 21.8. The number of carbonyl (C=O) groups is 4. The van der Waals surface area contributed by atoms with Crippen molar-refractivity contribution in [1.29, 1.82) is 0 Å². The molecule has 0 unspecified atom stereocenters. The molecule has 1 heterocycles. The van der Waals surface area contributed by atoms with Crippen LogP contribution in [0.25, 0.3) is 0 Å². The van der Waals surface area contributed by atoms with Gasteiger partial charge in [0.05, 0.1) is 16.7 Å². The number of fused-ring (bicyclic) bond motifs is 1. The monoisotopic (exact) mass is 420 g/mol. The molecule has 4 rings (SSSR count). The fourth-order valence-corrected chi connectivity index (χ4v) is 4.06. The van der Waals surface area contributed by atoms with Crippen molar-refractivity contribution in [2.45, 2.75) is 38.1 Å². The lowest BCUT2D eigenvalue weighted by atomic mass is 10.1. The van der Waals surface area contributed by atoms with Gasteiger partial charge in [0.1, 0.15) is 0 Å². The molecule has 31 heavy (non-hydrogen) atoms. The average molecular weight is 420 g/mol. The molecule has 0 spiro atoms. The number of hydrogen-bond donors (Lipinski definition) is 1. The van der Waals surface area contributed by atoms with Gasteiger partial charge in [-0.3, -0.25) is 19.3 Å². The summed E-state index contributed by atoms with van der Waals surface area (Å²) in [7, 11) is 0. The van der Waals surface area contributed by atoms with Crippen molar-refractivity contribution in [3.8, 4) is 0 Å². The lowest BCUT2D eigenvalue weighted by Crippen LogP contribution is -2.35. The normalized spacial score (nSPS) is 15.8. The van der Waals surface area contributed by atoms with Crippen molar-refractivity contribution in [2.75, 3.05) is 13.2 Å². The van der Waals surface area contributed by atoms with Gasteiger partial charge in [-0.05, 0) is 43.0 Å². The second kappa shape index (κ2) is 9.12. The topological polar surface area (TPSA) is 92.8 Å². The Labute approximate surface area is 180 Å². The first-order chi connectivity index (χ1) is 15.0. The van der Waals surface area contributed by atoms with Crippen LogP contribution in [0.3, 0.4) is 0 Å². The van der Waals surface area contributed by atoms with Crippen molar-refractivity contribution in [3.05, 3.63) is 70.8 Å². The van der Waals surface area contributed by atoms with E-state index in [2.05, 4.69) is 5.32 Å². The fraction of sp³-hybridized carbons (Fsp3) is 0.333. The van der Waals surface area contributed by atoms with Crippen LogP contribution in [0.1, 0.15) is 62.3 Å². The highest BCUT2D eigenvalue weighted by Crippen LogP contribution is 2.25. The number of benzene rings is 2. The molecule has 2 aromatic carbocycles. The maximum atomic E-state index is 12.8. The number of nitrogens with zero attached hydrogens (tertiary/aromatic N) is 1. The highest BCUT2D eigenvalue weighted by molar-refractivity contribution is 6.22. The van der Waals surface area contributed by atoms with Gasteiger partial charge in [0.2, 0.25) is 0 Å². The van der Waals surface area contributed by atoms with Crippen LogP contribution in [0, 0.1) is 0 Å². The van der Waals surface area contributed by atoms with Gasteiger partial charge in [-0.25, -0.2) is 4.79 Å². The second-order valence-electron chi connectivity index (χ2n) is 7.88. The van der Waals surface area contributed by atoms with Crippen LogP contribution in [0.15, 0.2) is 48.5 Å². The van der Waals surface area contributed by atoms with Gasteiger partial charge in [-0.1, -0.05) is 43.2 Å². The number of esters is 1. The van der Waals surface area contributed by atoms with E-state index in [0.29, 0.717) is 6.42 Å². The Hall–Kier alpha value is -3.48. The third-order valence-corrected chi connectivity index (χ3v) is 5.73. The Bertz CT molecular complexity index is 1010. The summed E-state index contributed by atoms with van der Waals surface area (Å²) in [5.41, 5.74) is 1.62. The van der Waals surface area contributed by atoms with E-state index in [-0.39, 0.29) is 47.7 Å². The molecule has 1 saturated carbocycles. The predicted octanol–water partition coefficient (Wildman–Crippen LogP) is 2.74. The van der Waals surface area contributed by atoms with Crippen molar-refractivity contribution >= 4 is 23.7 Å². The maximum Gasteiger partial charge on any atom is 0.338 e. The van der Waals surface area contributed by atoms with Crippen molar-refractivity contribution < 1.29 is 23.9 Å². The number of imide groups is 1. The highest BCUT2D eigenvalue weighted by Gasteiger charge is 2.35. The Morgan fingerprint density at radius 1 is 0.968 bits per heavy atom. The van der Waals surface area contributed by atoms with Gasteiger partial charge in [-0.2, -0.15) is 0 Å². The van der Waals surface area contributed by atoms with Gasteiger partial charge >= 0.3 is 5.97 Å². The van der Waals surface area contributed by atoms with Crippen LogP contribution < -0.4 is 5.32 Å². The Morgan fingerprint density at radius 2 is 1.68 bits per heavy atom. The number of hydrogen-bond acceptors (Lipinski definition) is 5. The largest absolute Gasteiger partial charge is 0.452 e. The standard InChI is InChI=1S/C24H24N2O5/c27-21(25-18-8-4-5-9-18)15-31-24(30)17-10-11-19-20(14-17)23(29)26(22(19)28)13-12-16-6-2-1-3-7-16/h1-3,6-7,10-11,14,18H,4-5,8-9,12-13,15H2,(H,25,27). The van der Waals surface area contributed by atoms with E-state index in [0.717, 1.165) is 31.2 Å². The number of rotatable bonds is 7. The van der Waals surface area contributed by atoms with E-state index in [4.69, 9.17) is 4.74 Å². The summed E-state index contributed by atoms with van der Waals surface area (Å²) in [5, 5.41) is 2.85. The van der Waals surface area contributed by atoms with Gasteiger partial charge in [-0.15, -0.1) is 0 Å². The molecule has 160 valence electrons. The summed E-state index contributed by atoms with van der Waals surface area (Å²) in [4.78, 5) is 50.9. The zero-order valence-electron chi connectivity index (χ0n) is 17.1. The summed E-state index contributed by atoms with van der Waals surface area (Å²) in [6.07, 6.45) is 4.63. The van der Waals surface area contributed by atoms with E-state index in [1.165, 1.54) is 23.1 Å². The zero-order valence-corrected chi connectivity index (χ0v) is 17.1. The van der Waals surface area contributed by atoms with Crippen LogP contribution in [-0.4, -0.2) is 47.8 Å². The molecule has 7 heteroatoms. The molecule has 1 aliphatic heterocycles. The molecule has 2 aliphatic rings. The fourth-order valence-electron chi connectivity index (χ4n) is 4.06. The van der Waals surface area contributed by atoms with Gasteiger partial charge in [0.15, 0.2) is 6.61 Å². The quantitative estimate of drug-likeness (QED) is 0.549. The summed E-state index contributed by atoms with van der Waals surface area (Å²) in [6, 6.07) is 14.0. The minimum absolute atomic E-state index is 0.137. The Kier molecular flexibility index (Phi) is 6.11. The molecule has 1 N–H and O–H groups in total. The molecule has 0 saturated heterocycles. The van der Waals surface area contributed by atoms with Crippen LogP contribution in [-0.2, 0) is 16.0 Å². The molecule has 3 amide bonds. The molecule has 0 radical (unpaired) electrons. The molecule has 1 fully saturated rings. The smallest absolute Gasteiger partial charge is 0.338 e. The van der Waals surface area contributed by atoms with Crippen molar-refractivity contribution in [1.82, 2.24) is 10.2 Å². The molecular weight excluding hydrogens is 396 g/mol. The minimum atomic E-state index is -0.702. The highest BCUT2D eigenvalue weighted by atomic mass is 16.5. The van der Waals surface area contributed by atoms with E-state index in [9.17, 15) is 19.2 Å². The van der Waals surface area contributed by atoms with Gasteiger partial charge in [0.25, 0.3) is 17.7 Å². The second-order valence-corrected chi connectivity index (χ2v) is 7.88.